The molecule has 1 saturated heterocycles. The Labute approximate surface area is 177 Å². The number of rotatable bonds is 3. The van der Waals surface area contributed by atoms with Crippen molar-refractivity contribution in [2.45, 2.75) is 6.92 Å². The Hall–Kier alpha value is -3.33. The second kappa shape index (κ2) is 7.49. The summed E-state index contributed by atoms with van der Waals surface area (Å²) in [6.07, 6.45) is 3.37. The highest BCUT2D eigenvalue weighted by atomic mass is 32.1. The van der Waals surface area contributed by atoms with E-state index in [-0.39, 0.29) is 5.91 Å². The van der Waals surface area contributed by atoms with Gasteiger partial charge in [-0.1, -0.05) is 30.3 Å². The van der Waals surface area contributed by atoms with Crippen LogP contribution in [-0.2, 0) is 7.05 Å². The number of nitrogens with zero attached hydrogens (tertiary/aromatic N) is 7. The maximum absolute atomic E-state index is 13.2. The number of hydrogen-bond donors (Lipinski definition) is 0. The Kier molecular flexibility index (Phi) is 4.66. The van der Waals surface area contributed by atoms with E-state index in [1.54, 1.807) is 17.2 Å². The van der Waals surface area contributed by atoms with Crippen LogP contribution < -0.4 is 4.90 Å². The van der Waals surface area contributed by atoms with E-state index in [0.29, 0.717) is 13.1 Å². The van der Waals surface area contributed by atoms with Crippen LogP contribution in [0.4, 0.5) is 5.82 Å². The van der Waals surface area contributed by atoms with Gasteiger partial charge in [-0.2, -0.15) is 5.10 Å². The molecule has 30 heavy (non-hydrogen) atoms. The Morgan fingerprint density at radius 2 is 1.83 bits per heavy atom. The lowest BCUT2D eigenvalue weighted by Gasteiger charge is -2.35. The maximum atomic E-state index is 13.2. The number of aryl methyl sites for hydroxylation is 2. The smallest absolute Gasteiger partial charge is 0.265 e. The van der Waals surface area contributed by atoms with E-state index in [2.05, 4.69) is 25.0 Å². The summed E-state index contributed by atoms with van der Waals surface area (Å²) in [6.45, 7) is 4.63. The molecule has 8 nitrogen and oxygen atoms in total. The largest absolute Gasteiger partial charge is 0.352 e. The van der Waals surface area contributed by atoms with Crippen LogP contribution >= 0.6 is 11.3 Å². The van der Waals surface area contributed by atoms with Crippen molar-refractivity contribution in [1.82, 2.24) is 29.6 Å². The number of carbonyl (C=O) groups is 1. The molecule has 1 amide bonds. The van der Waals surface area contributed by atoms with Gasteiger partial charge in [-0.3, -0.25) is 9.48 Å². The van der Waals surface area contributed by atoms with Crippen LogP contribution in [0.5, 0.6) is 0 Å². The lowest BCUT2D eigenvalue weighted by Crippen LogP contribution is -2.49. The highest BCUT2D eigenvalue weighted by Gasteiger charge is 2.27. The second-order valence-electron chi connectivity index (χ2n) is 7.28. The van der Waals surface area contributed by atoms with E-state index < -0.39 is 0 Å². The van der Waals surface area contributed by atoms with Gasteiger partial charge >= 0.3 is 0 Å². The minimum Gasteiger partial charge on any atom is -0.352 e. The predicted molar refractivity (Wildman–Crippen MR) is 117 cm³/mol. The summed E-state index contributed by atoms with van der Waals surface area (Å²) >= 11 is 1.47. The van der Waals surface area contributed by atoms with Gasteiger partial charge in [0, 0.05) is 38.8 Å². The predicted octanol–water partition coefficient (Wildman–Crippen LogP) is 2.76. The summed E-state index contributed by atoms with van der Waals surface area (Å²) in [6, 6.07) is 9.99. The SMILES string of the molecule is Cc1nc(-c2ccccc2)sc1C(=O)N1CCN(c2ncnc3c2cnn3C)CC1. The van der Waals surface area contributed by atoms with Crippen LogP contribution in [0.3, 0.4) is 0 Å². The number of benzene rings is 1. The van der Waals surface area contributed by atoms with Gasteiger partial charge in [0.1, 0.15) is 22.0 Å². The fraction of sp³-hybridized carbons (Fsp3) is 0.286. The van der Waals surface area contributed by atoms with Crippen LogP contribution in [0.2, 0.25) is 0 Å². The third-order valence-electron chi connectivity index (χ3n) is 5.39. The van der Waals surface area contributed by atoms with Gasteiger partial charge in [0.2, 0.25) is 0 Å². The minimum atomic E-state index is 0.0565. The Morgan fingerprint density at radius 1 is 1.07 bits per heavy atom. The molecule has 152 valence electrons. The van der Waals surface area contributed by atoms with Gasteiger partial charge in [-0.25, -0.2) is 15.0 Å². The number of carbonyl (C=O) groups excluding carboxylic acids is 1. The average molecular weight is 420 g/mol. The first-order valence-corrected chi connectivity index (χ1v) is 10.6. The number of piperazine rings is 1. The molecule has 1 fully saturated rings. The summed E-state index contributed by atoms with van der Waals surface area (Å²) in [4.78, 5) is 31.4. The first-order chi connectivity index (χ1) is 14.6. The molecular weight excluding hydrogens is 398 g/mol. The molecule has 0 spiro atoms. The van der Waals surface area contributed by atoms with Crippen LogP contribution in [0, 0.1) is 6.92 Å². The molecule has 0 radical (unpaired) electrons. The molecule has 5 rings (SSSR count). The fourth-order valence-corrected chi connectivity index (χ4v) is 4.81. The molecule has 0 saturated carbocycles. The Morgan fingerprint density at radius 3 is 2.60 bits per heavy atom. The molecule has 3 aromatic heterocycles. The summed E-state index contributed by atoms with van der Waals surface area (Å²) in [5.74, 6) is 0.932. The van der Waals surface area contributed by atoms with E-state index in [0.717, 1.165) is 51.1 Å². The monoisotopic (exact) mass is 419 g/mol. The fourth-order valence-electron chi connectivity index (χ4n) is 3.77. The van der Waals surface area contributed by atoms with Crippen molar-refractivity contribution in [3.8, 4) is 10.6 Å². The van der Waals surface area contributed by atoms with Crippen LogP contribution in [0.25, 0.3) is 21.6 Å². The number of hydrogen-bond acceptors (Lipinski definition) is 7. The molecule has 0 N–H and O–H groups in total. The standard InChI is InChI=1S/C21H21N7OS/c1-14-17(30-20(25-14)15-6-4-3-5-7-15)21(29)28-10-8-27(9-11-28)19-16-12-24-26(2)18(16)22-13-23-19/h3-7,12-13H,8-11H2,1-2H3. The van der Waals surface area contributed by atoms with Crippen LogP contribution in [-0.4, -0.2) is 61.7 Å². The van der Waals surface area contributed by atoms with Gasteiger partial charge in [-0.15, -0.1) is 11.3 Å². The number of anilines is 1. The quantitative estimate of drug-likeness (QED) is 0.508. The summed E-state index contributed by atoms with van der Waals surface area (Å²) in [7, 11) is 1.87. The molecule has 1 aliphatic heterocycles. The van der Waals surface area contributed by atoms with Gasteiger partial charge in [0.05, 0.1) is 17.3 Å². The van der Waals surface area contributed by atoms with Crippen molar-refractivity contribution < 1.29 is 4.79 Å². The zero-order chi connectivity index (χ0) is 20.7. The average Bonchev–Trinajstić information content (AvgIpc) is 3.37. The van der Waals surface area contributed by atoms with Crippen molar-refractivity contribution in [3.63, 3.8) is 0 Å². The van der Waals surface area contributed by atoms with Crippen molar-refractivity contribution in [2.75, 3.05) is 31.1 Å². The Balaban J connectivity index is 1.32. The third kappa shape index (κ3) is 3.21. The third-order valence-corrected chi connectivity index (χ3v) is 6.58. The first-order valence-electron chi connectivity index (χ1n) is 9.81. The van der Waals surface area contributed by atoms with Crippen molar-refractivity contribution in [1.29, 1.82) is 0 Å². The first kappa shape index (κ1) is 18.7. The Bertz CT molecular complexity index is 1210. The van der Waals surface area contributed by atoms with Gasteiger partial charge in [-0.05, 0) is 6.92 Å². The minimum absolute atomic E-state index is 0.0565. The van der Waals surface area contributed by atoms with E-state index in [1.165, 1.54) is 11.3 Å². The van der Waals surface area contributed by atoms with Gasteiger partial charge < -0.3 is 9.80 Å². The van der Waals surface area contributed by atoms with Crippen molar-refractivity contribution in [3.05, 3.63) is 53.4 Å². The highest BCUT2D eigenvalue weighted by molar-refractivity contribution is 7.17. The number of fused-ring (bicyclic) bond motifs is 1. The molecule has 0 unspecified atom stereocenters. The van der Waals surface area contributed by atoms with E-state index in [4.69, 9.17) is 0 Å². The van der Waals surface area contributed by atoms with Gasteiger partial charge in [0.25, 0.3) is 5.91 Å². The van der Waals surface area contributed by atoms with Crippen molar-refractivity contribution in [2.24, 2.45) is 7.05 Å². The highest BCUT2D eigenvalue weighted by Crippen LogP contribution is 2.29. The zero-order valence-electron chi connectivity index (χ0n) is 16.8. The molecule has 1 aliphatic rings. The molecule has 9 heteroatoms. The van der Waals surface area contributed by atoms with Gasteiger partial charge in [0.15, 0.2) is 5.65 Å². The van der Waals surface area contributed by atoms with E-state index >= 15 is 0 Å². The summed E-state index contributed by atoms with van der Waals surface area (Å²) in [5.41, 5.74) is 2.64. The lowest BCUT2D eigenvalue weighted by molar-refractivity contribution is 0.0750. The van der Waals surface area contributed by atoms with Crippen LogP contribution in [0.15, 0.2) is 42.9 Å². The molecule has 0 aliphatic carbocycles. The van der Waals surface area contributed by atoms with Crippen LogP contribution in [0.1, 0.15) is 15.4 Å². The maximum Gasteiger partial charge on any atom is 0.265 e. The molecule has 4 heterocycles. The molecular formula is C21H21N7OS. The number of aromatic nitrogens is 5. The van der Waals surface area contributed by atoms with E-state index in [9.17, 15) is 4.79 Å². The molecule has 4 aromatic rings. The molecule has 1 aromatic carbocycles. The number of thiazole rings is 1. The topological polar surface area (TPSA) is 80.0 Å². The molecule has 0 bridgehead atoms. The van der Waals surface area contributed by atoms with E-state index in [1.807, 2.05) is 49.2 Å². The molecule has 0 atom stereocenters. The lowest BCUT2D eigenvalue weighted by atomic mass is 10.2. The zero-order valence-corrected chi connectivity index (χ0v) is 17.6. The van der Waals surface area contributed by atoms with Crippen molar-refractivity contribution >= 4 is 34.1 Å². The normalized spacial score (nSPS) is 14.5. The second-order valence-corrected chi connectivity index (χ2v) is 8.28. The summed E-state index contributed by atoms with van der Waals surface area (Å²) in [5, 5.41) is 6.11. The summed E-state index contributed by atoms with van der Waals surface area (Å²) < 4.78 is 1.75. The number of amides is 1.